The molecule has 0 saturated heterocycles. The first-order valence-corrected chi connectivity index (χ1v) is 8.42. The number of benzene rings is 1. The van der Waals surface area contributed by atoms with Crippen LogP contribution >= 0.6 is 31.9 Å². The lowest BCUT2D eigenvalue weighted by atomic mass is 10.1. The van der Waals surface area contributed by atoms with E-state index in [0.29, 0.717) is 21.4 Å². The first-order valence-electron chi connectivity index (χ1n) is 6.83. The summed E-state index contributed by atoms with van der Waals surface area (Å²) < 4.78 is 2.98. The van der Waals surface area contributed by atoms with Crippen LogP contribution in [0.1, 0.15) is 21.6 Å². The molecule has 2 aromatic heterocycles. The summed E-state index contributed by atoms with van der Waals surface area (Å²) in [6.07, 6.45) is 1.83. The van der Waals surface area contributed by atoms with Crippen molar-refractivity contribution < 1.29 is 4.79 Å². The maximum atomic E-state index is 12.2. The molecule has 0 bridgehead atoms. The van der Waals surface area contributed by atoms with Gasteiger partial charge in [0, 0.05) is 12.3 Å². The van der Waals surface area contributed by atoms with E-state index in [1.807, 2.05) is 18.3 Å². The average molecular weight is 439 g/mol. The van der Waals surface area contributed by atoms with Crippen molar-refractivity contribution in [2.75, 3.05) is 5.32 Å². The van der Waals surface area contributed by atoms with Crippen LogP contribution in [-0.4, -0.2) is 25.9 Å². The molecule has 118 valence electrons. The number of halogens is 2. The zero-order chi connectivity index (χ0) is 16.4. The smallest absolute Gasteiger partial charge is 0.278 e. The molecule has 0 aliphatic carbocycles. The number of hydrogen-bond acceptors (Lipinski definition) is 3. The highest BCUT2D eigenvalue weighted by molar-refractivity contribution is 9.13. The van der Waals surface area contributed by atoms with Gasteiger partial charge in [-0.1, -0.05) is 24.3 Å². The molecule has 0 saturated carbocycles. The highest BCUT2D eigenvalue weighted by atomic mass is 79.9. The van der Waals surface area contributed by atoms with E-state index in [0.717, 1.165) is 0 Å². The van der Waals surface area contributed by atoms with Gasteiger partial charge in [0.25, 0.3) is 5.91 Å². The predicted molar refractivity (Wildman–Crippen MR) is 94.4 cm³/mol. The number of H-pyrrole nitrogens is 1. The standard InChI is InChI=1S/C15H13Br2N5O/c1-9-4-2-3-5-10(9)8-22-7-6-11(21-22)18-15(23)13-12(16)14(17)20-19-13/h2-7H,8H2,1H3,(H,19,20)(H,18,21,23). The summed E-state index contributed by atoms with van der Waals surface area (Å²) in [5.41, 5.74) is 2.66. The fourth-order valence-corrected chi connectivity index (χ4v) is 2.75. The molecule has 6 nitrogen and oxygen atoms in total. The van der Waals surface area contributed by atoms with E-state index in [4.69, 9.17) is 0 Å². The topological polar surface area (TPSA) is 75.6 Å². The number of carbonyl (C=O) groups excluding carboxylic acids is 1. The van der Waals surface area contributed by atoms with Crippen LogP contribution in [0.5, 0.6) is 0 Å². The third-order valence-corrected chi connectivity index (χ3v) is 5.24. The molecular formula is C15H13Br2N5O. The van der Waals surface area contributed by atoms with Gasteiger partial charge in [0.2, 0.25) is 0 Å². The molecule has 1 aromatic carbocycles. The minimum Gasteiger partial charge on any atom is -0.304 e. The van der Waals surface area contributed by atoms with Crippen LogP contribution in [0, 0.1) is 6.92 Å². The molecule has 3 aromatic rings. The van der Waals surface area contributed by atoms with Crippen molar-refractivity contribution in [1.82, 2.24) is 20.0 Å². The number of nitrogens with zero attached hydrogens (tertiary/aromatic N) is 3. The first kappa shape index (κ1) is 15.9. The Labute approximate surface area is 149 Å². The largest absolute Gasteiger partial charge is 0.304 e. The molecule has 0 spiro atoms. The SMILES string of the molecule is Cc1ccccc1Cn1ccc(NC(=O)c2n[nH]c(Br)c2Br)n1. The van der Waals surface area contributed by atoms with E-state index in [-0.39, 0.29) is 11.6 Å². The summed E-state index contributed by atoms with van der Waals surface area (Å²) in [7, 11) is 0. The van der Waals surface area contributed by atoms with Gasteiger partial charge in [-0.15, -0.1) is 0 Å². The Hall–Kier alpha value is -1.93. The van der Waals surface area contributed by atoms with Crippen LogP contribution in [-0.2, 0) is 6.54 Å². The van der Waals surface area contributed by atoms with Gasteiger partial charge in [0.15, 0.2) is 11.5 Å². The summed E-state index contributed by atoms with van der Waals surface area (Å²) >= 11 is 6.55. The van der Waals surface area contributed by atoms with Gasteiger partial charge in [-0.2, -0.15) is 10.2 Å². The molecule has 0 radical (unpaired) electrons. The van der Waals surface area contributed by atoms with Gasteiger partial charge in [-0.05, 0) is 49.9 Å². The van der Waals surface area contributed by atoms with Gasteiger partial charge in [-0.3, -0.25) is 14.6 Å². The van der Waals surface area contributed by atoms with Crippen molar-refractivity contribution in [1.29, 1.82) is 0 Å². The van der Waals surface area contributed by atoms with Gasteiger partial charge in [0.1, 0.15) is 4.60 Å². The zero-order valence-electron chi connectivity index (χ0n) is 12.2. The molecule has 0 aliphatic heterocycles. The van der Waals surface area contributed by atoms with Gasteiger partial charge < -0.3 is 5.32 Å². The quantitative estimate of drug-likeness (QED) is 0.651. The van der Waals surface area contributed by atoms with Crippen molar-refractivity contribution in [2.45, 2.75) is 13.5 Å². The van der Waals surface area contributed by atoms with Crippen LogP contribution in [0.4, 0.5) is 5.82 Å². The number of aromatic amines is 1. The molecule has 2 N–H and O–H groups in total. The maximum absolute atomic E-state index is 12.2. The van der Waals surface area contributed by atoms with E-state index in [1.54, 1.807) is 10.7 Å². The van der Waals surface area contributed by atoms with Crippen LogP contribution < -0.4 is 5.32 Å². The van der Waals surface area contributed by atoms with Crippen molar-refractivity contribution >= 4 is 43.6 Å². The number of anilines is 1. The summed E-state index contributed by atoms with van der Waals surface area (Å²) in [4.78, 5) is 12.2. The van der Waals surface area contributed by atoms with Crippen molar-refractivity contribution in [2.24, 2.45) is 0 Å². The number of aryl methyl sites for hydroxylation is 1. The average Bonchev–Trinajstić information content (AvgIpc) is 3.09. The third-order valence-electron chi connectivity index (χ3n) is 3.36. The Morgan fingerprint density at radius 3 is 2.78 bits per heavy atom. The van der Waals surface area contributed by atoms with E-state index in [1.165, 1.54) is 11.1 Å². The van der Waals surface area contributed by atoms with E-state index in [2.05, 4.69) is 71.5 Å². The number of amides is 1. The van der Waals surface area contributed by atoms with E-state index in [9.17, 15) is 4.79 Å². The molecule has 0 aliphatic rings. The van der Waals surface area contributed by atoms with Crippen molar-refractivity contribution in [3.05, 3.63) is 62.4 Å². The molecule has 0 fully saturated rings. The van der Waals surface area contributed by atoms with Gasteiger partial charge in [-0.25, -0.2) is 0 Å². The van der Waals surface area contributed by atoms with Crippen LogP contribution in [0.25, 0.3) is 0 Å². The second-order valence-corrected chi connectivity index (χ2v) is 6.57. The highest BCUT2D eigenvalue weighted by Gasteiger charge is 2.17. The predicted octanol–water partition coefficient (Wildman–Crippen LogP) is 3.74. The number of carbonyl (C=O) groups is 1. The fourth-order valence-electron chi connectivity index (χ4n) is 2.11. The lowest BCUT2D eigenvalue weighted by Crippen LogP contribution is -2.14. The van der Waals surface area contributed by atoms with Crippen LogP contribution in [0.3, 0.4) is 0 Å². The Morgan fingerprint density at radius 2 is 2.09 bits per heavy atom. The molecule has 0 unspecified atom stereocenters. The molecule has 23 heavy (non-hydrogen) atoms. The Morgan fingerprint density at radius 1 is 1.30 bits per heavy atom. The monoisotopic (exact) mass is 437 g/mol. The van der Waals surface area contributed by atoms with Gasteiger partial charge in [0.05, 0.1) is 11.0 Å². The highest BCUT2D eigenvalue weighted by Crippen LogP contribution is 2.24. The van der Waals surface area contributed by atoms with Crippen molar-refractivity contribution in [3.63, 3.8) is 0 Å². The fraction of sp³-hybridized carbons (Fsp3) is 0.133. The number of rotatable bonds is 4. The summed E-state index contributed by atoms with van der Waals surface area (Å²) in [5.74, 6) is 0.148. The first-order chi connectivity index (χ1) is 11.0. The number of aromatic nitrogens is 4. The Balaban J connectivity index is 1.71. The molecule has 1 amide bonds. The van der Waals surface area contributed by atoms with E-state index >= 15 is 0 Å². The summed E-state index contributed by atoms with van der Waals surface area (Å²) in [5, 5.41) is 13.7. The normalized spacial score (nSPS) is 10.7. The van der Waals surface area contributed by atoms with Crippen LogP contribution in [0.15, 0.2) is 45.6 Å². The van der Waals surface area contributed by atoms with Gasteiger partial charge >= 0.3 is 0 Å². The van der Waals surface area contributed by atoms with Crippen molar-refractivity contribution in [3.8, 4) is 0 Å². The second-order valence-electron chi connectivity index (χ2n) is 4.98. The lowest BCUT2D eigenvalue weighted by Gasteiger charge is -2.05. The number of nitrogens with one attached hydrogen (secondary N) is 2. The molecule has 8 heteroatoms. The minimum absolute atomic E-state index is 0.269. The maximum Gasteiger partial charge on any atom is 0.278 e. The van der Waals surface area contributed by atoms with Crippen LogP contribution in [0.2, 0.25) is 0 Å². The number of hydrogen-bond donors (Lipinski definition) is 2. The summed E-state index contributed by atoms with van der Waals surface area (Å²) in [6.45, 7) is 2.72. The molecule has 3 rings (SSSR count). The summed E-state index contributed by atoms with van der Waals surface area (Å²) in [6, 6.07) is 9.89. The third kappa shape index (κ3) is 3.53. The second kappa shape index (κ2) is 6.67. The van der Waals surface area contributed by atoms with E-state index < -0.39 is 0 Å². The lowest BCUT2D eigenvalue weighted by molar-refractivity contribution is 0.102. The minimum atomic E-state index is -0.333. The Kier molecular flexibility index (Phi) is 4.63. The molecule has 2 heterocycles. The molecular weight excluding hydrogens is 426 g/mol. The Bertz CT molecular complexity index is 855. The molecule has 0 atom stereocenters. The zero-order valence-corrected chi connectivity index (χ0v) is 15.3.